The standard InChI is InChI=1S/C11H16FNO/c1-8(2)14-10-5-3-9(4-6-10)11(13)7-12/h3-6,8,11H,7,13H2,1-2H3/t11-/m0/s1. The SMILES string of the molecule is CC(C)Oc1ccc([C@@H](N)CF)cc1. The third kappa shape index (κ3) is 3.00. The van der Waals surface area contributed by atoms with E-state index >= 15 is 0 Å². The first-order chi connectivity index (χ1) is 6.63. The van der Waals surface area contributed by atoms with E-state index in [0.29, 0.717) is 0 Å². The molecular weight excluding hydrogens is 181 g/mol. The fourth-order valence-corrected chi connectivity index (χ4v) is 1.15. The second-order valence-corrected chi connectivity index (χ2v) is 3.50. The molecule has 0 bridgehead atoms. The lowest BCUT2D eigenvalue weighted by molar-refractivity contribution is 0.242. The van der Waals surface area contributed by atoms with Gasteiger partial charge in [-0.3, -0.25) is 0 Å². The lowest BCUT2D eigenvalue weighted by Gasteiger charge is -2.11. The molecule has 0 fully saturated rings. The van der Waals surface area contributed by atoms with Crippen LogP contribution >= 0.6 is 0 Å². The minimum atomic E-state index is -0.537. The van der Waals surface area contributed by atoms with Crippen LogP contribution in [0.2, 0.25) is 0 Å². The van der Waals surface area contributed by atoms with E-state index in [1.165, 1.54) is 0 Å². The quantitative estimate of drug-likeness (QED) is 0.804. The van der Waals surface area contributed by atoms with Crippen molar-refractivity contribution in [3.63, 3.8) is 0 Å². The summed E-state index contributed by atoms with van der Waals surface area (Å²) in [6.07, 6.45) is 0.149. The Morgan fingerprint density at radius 2 is 1.86 bits per heavy atom. The van der Waals surface area contributed by atoms with Crippen molar-refractivity contribution < 1.29 is 9.13 Å². The van der Waals surface area contributed by atoms with Gasteiger partial charge in [0.05, 0.1) is 12.1 Å². The number of ether oxygens (including phenoxy) is 1. The number of alkyl halides is 1. The molecule has 1 aromatic carbocycles. The highest BCUT2D eigenvalue weighted by Crippen LogP contribution is 2.17. The van der Waals surface area contributed by atoms with E-state index in [0.717, 1.165) is 11.3 Å². The highest BCUT2D eigenvalue weighted by molar-refractivity contribution is 5.29. The maximum absolute atomic E-state index is 12.2. The molecule has 0 aromatic heterocycles. The summed E-state index contributed by atoms with van der Waals surface area (Å²) in [5.74, 6) is 0.787. The van der Waals surface area contributed by atoms with Crippen LogP contribution in [0.3, 0.4) is 0 Å². The Labute approximate surface area is 83.9 Å². The van der Waals surface area contributed by atoms with Crippen molar-refractivity contribution in [1.29, 1.82) is 0 Å². The zero-order valence-corrected chi connectivity index (χ0v) is 8.53. The van der Waals surface area contributed by atoms with E-state index in [1.807, 2.05) is 26.0 Å². The van der Waals surface area contributed by atoms with Gasteiger partial charge in [-0.05, 0) is 31.5 Å². The summed E-state index contributed by atoms with van der Waals surface area (Å²) in [4.78, 5) is 0. The minimum Gasteiger partial charge on any atom is -0.491 e. The molecule has 0 amide bonds. The van der Waals surface area contributed by atoms with Crippen molar-refractivity contribution in [1.82, 2.24) is 0 Å². The summed E-state index contributed by atoms with van der Waals surface area (Å²) in [6.45, 7) is 3.38. The number of rotatable bonds is 4. The molecule has 0 aliphatic rings. The second kappa shape index (κ2) is 4.96. The highest BCUT2D eigenvalue weighted by atomic mass is 19.1. The van der Waals surface area contributed by atoms with Crippen molar-refractivity contribution in [2.75, 3.05) is 6.67 Å². The Morgan fingerprint density at radius 1 is 1.29 bits per heavy atom. The fraction of sp³-hybridized carbons (Fsp3) is 0.455. The zero-order valence-electron chi connectivity index (χ0n) is 8.53. The van der Waals surface area contributed by atoms with Crippen LogP contribution in [0.4, 0.5) is 4.39 Å². The molecule has 0 saturated heterocycles. The molecule has 0 heterocycles. The van der Waals surface area contributed by atoms with Gasteiger partial charge >= 0.3 is 0 Å². The van der Waals surface area contributed by atoms with Crippen LogP contribution in [-0.4, -0.2) is 12.8 Å². The molecule has 2 nitrogen and oxygen atoms in total. The smallest absolute Gasteiger partial charge is 0.119 e. The van der Waals surface area contributed by atoms with Crippen molar-refractivity contribution in [3.8, 4) is 5.75 Å². The molecule has 0 radical (unpaired) electrons. The monoisotopic (exact) mass is 197 g/mol. The van der Waals surface area contributed by atoms with Crippen molar-refractivity contribution in [2.24, 2.45) is 5.73 Å². The van der Waals surface area contributed by atoms with E-state index < -0.39 is 12.7 Å². The van der Waals surface area contributed by atoms with Gasteiger partial charge in [-0.25, -0.2) is 4.39 Å². The topological polar surface area (TPSA) is 35.2 Å². The maximum Gasteiger partial charge on any atom is 0.119 e. The summed E-state index contributed by atoms with van der Waals surface area (Å²) in [5.41, 5.74) is 6.32. The molecule has 1 aromatic rings. The first-order valence-corrected chi connectivity index (χ1v) is 4.71. The molecule has 0 saturated carbocycles. The maximum atomic E-state index is 12.2. The molecule has 0 aliphatic carbocycles. The van der Waals surface area contributed by atoms with Crippen molar-refractivity contribution >= 4 is 0 Å². The second-order valence-electron chi connectivity index (χ2n) is 3.50. The van der Waals surface area contributed by atoms with Gasteiger partial charge in [0.1, 0.15) is 12.4 Å². The molecule has 78 valence electrons. The summed E-state index contributed by atoms with van der Waals surface area (Å²) in [6, 6.07) is 6.68. The lowest BCUT2D eigenvalue weighted by Crippen LogP contribution is -2.12. The molecule has 1 rings (SSSR count). The summed E-state index contributed by atoms with van der Waals surface area (Å²) in [5, 5.41) is 0. The normalized spacial score (nSPS) is 12.9. The molecule has 14 heavy (non-hydrogen) atoms. The number of hydrogen-bond donors (Lipinski definition) is 1. The van der Waals surface area contributed by atoms with Gasteiger partial charge in [0, 0.05) is 0 Å². The van der Waals surface area contributed by atoms with E-state index in [9.17, 15) is 4.39 Å². The molecule has 1 atom stereocenters. The van der Waals surface area contributed by atoms with Crippen molar-refractivity contribution in [2.45, 2.75) is 26.0 Å². The van der Waals surface area contributed by atoms with Gasteiger partial charge < -0.3 is 10.5 Å². The number of halogens is 1. The van der Waals surface area contributed by atoms with Gasteiger partial charge in [0.15, 0.2) is 0 Å². The Balaban J connectivity index is 2.68. The average molecular weight is 197 g/mol. The predicted molar refractivity (Wildman–Crippen MR) is 55.1 cm³/mol. The largest absolute Gasteiger partial charge is 0.491 e. The van der Waals surface area contributed by atoms with Crippen LogP contribution in [0, 0.1) is 0 Å². The first-order valence-electron chi connectivity index (χ1n) is 4.71. The Bertz CT molecular complexity index is 271. The Morgan fingerprint density at radius 3 is 2.29 bits per heavy atom. The van der Waals surface area contributed by atoms with Gasteiger partial charge in [-0.1, -0.05) is 12.1 Å². The molecule has 0 unspecified atom stereocenters. The summed E-state index contributed by atoms with van der Waals surface area (Å²) < 4.78 is 17.7. The van der Waals surface area contributed by atoms with E-state index in [2.05, 4.69) is 0 Å². The van der Waals surface area contributed by atoms with Gasteiger partial charge in [0.2, 0.25) is 0 Å². The number of nitrogens with two attached hydrogens (primary N) is 1. The van der Waals surface area contributed by atoms with E-state index in [4.69, 9.17) is 10.5 Å². The predicted octanol–water partition coefficient (Wildman–Crippen LogP) is 2.44. The van der Waals surface area contributed by atoms with E-state index in [-0.39, 0.29) is 6.10 Å². The van der Waals surface area contributed by atoms with Crippen molar-refractivity contribution in [3.05, 3.63) is 29.8 Å². The minimum absolute atomic E-state index is 0.149. The molecular formula is C11H16FNO. The van der Waals surface area contributed by atoms with Crippen LogP contribution in [-0.2, 0) is 0 Å². The molecule has 2 N–H and O–H groups in total. The number of hydrogen-bond acceptors (Lipinski definition) is 2. The van der Waals surface area contributed by atoms with Crippen LogP contribution in [0.15, 0.2) is 24.3 Å². The Hall–Kier alpha value is -1.09. The molecule has 0 aliphatic heterocycles. The van der Waals surface area contributed by atoms with Crippen LogP contribution < -0.4 is 10.5 Å². The Kier molecular flexibility index (Phi) is 3.89. The summed E-state index contributed by atoms with van der Waals surface area (Å²) in [7, 11) is 0. The average Bonchev–Trinajstić information content (AvgIpc) is 2.17. The van der Waals surface area contributed by atoms with Gasteiger partial charge in [0.25, 0.3) is 0 Å². The van der Waals surface area contributed by atoms with Crippen LogP contribution in [0.1, 0.15) is 25.5 Å². The van der Waals surface area contributed by atoms with Gasteiger partial charge in [-0.2, -0.15) is 0 Å². The summed E-state index contributed by atoms with van der Waals surface area (Å²) >= 11 is 0. The highest BCUT2D eigenvalue weighted by Gasteiger charge is 2.05. The zero-order chi connectivity index (χ0) is 10.6. The molecule has 3 heteroatoms. The third-order valence-electron chi connectivity index (χ3n) is 1.85. The fourth-order valence-electron chi connectivity index (χ4n) is 1.15. The van der Waals surface area contributed by atoms with Crippen LogP contribution in [0.25, 0.3) is 0 Å². The lowest BCUT2D eigenvalue weighted by atomic mass is 10.1. The van der Waals surface area contributed by atoms with Crippen LogP contribution in [0.5, 0.6) is 5.75 Å². The van der Waals surface area contributed by atoms with E-state index in [1.54, 1.807) is 12.1 Å². The first kappa shape index (κ1) is 11.0. The molecule has 0 spiro atoms. The van der Waals surface area contributed by atoms with Gasteiger partial charge in [-0.15, -0.1) is 0 Å². The number of benzene rings is 1. The third-order valence-corrected chi connectivity index (χ3v) is 1.85.